The Morgan fingerprint density at radius 1 is 1.27 bits per heavy atom. The molecule has 2 heteroatoms. The lowest BCUT2D eigenvalue weighted by atomic mass is 10.2. The van der Waals surface area contributed by atoms with Crippen molar-refractivity contribution in [3.63, 3.8) is 0 Å². The van der Waals surface area contributed by atoms with Gasteiger partial charge in [-0.1, -0.05) is 0 Å². The van der Waals surface area contributed by atoms with Crippen LogP contribution in [0.5, 0.6) is 5.75 Å². The molecule has 0 aromatic heterocycles. The van der Waals surface area contributed by atoms with Gasteiger partial charge in [0.05, 0.1) is 0 Å². The van der Waals surface area contributed by atoms with Gasteiger partial charge in [0.2, 0.25) is 0 Å². The second-order valence-corrected chi connectivity index (χ2v) is 2.22. The van der Waals surface area contributed by atoms with Crippen molar-refractivity contribution in [2.24, 2.45) is 0 Å². The number of rotatable bonds is 1. The molecule has 0 fully saturated rings. The zero-order chi connectivity index (χ0) is 8.27. The normalized spacial score (nSPS) is 11.5. The summed E-state index contributed by atoms with van der Waals surface area (Å²) in [5.74, 6) is 0.433. The Labute approximate surface area is 65.4 Å². The van der Waals surface area contributed by atoms with E-state index >= 15 is 0 Å². The van der Waals surface area contributed by atoms with Crippen molar-refractivity contribution in [3.8, 4) is 5.75 Å². The number of benzene rings is 1. The van der Waals surface area contributed by atoms with E-state index < -0.39 is 0 Å². The highest BCUT2D eigenvalue weighted by Gasteiger charge is 1.95. The van der Waals surface area contributed by atoms with Gasteiger partial charge in [-0.3, -0.25) is 0 Å². The van der Waals surface area contributed by atoms with Crippen LogP contribution in [0, 0.1) is 0 Å². The van der Waals surface area contributed by atoms with Gasteiger partial charge in [-0.15, -0.1) is 0 Å². The summed E-state index contributed by atoms with van der Waals surface area (Å²) >= 11 is 0. The van der Waals surface area contributed by atoms with Gasteiger partial charge in [0.15, 0.2) is 0 Å². The largest absolute Gasteiger partial charge is 0.508 e. The van der Waals surface area contributed by atoms with Gasteiger partial charge in [-0.25, -0.2) is 0 Å². The van der Waals surface area contributed by atoms with Gasteiger partial charge in [-0.2, -0.15) is 0 Å². The summed E-state index contributed by atoms with van der Waals surface area (Å²) < 4.78 is 0. The predicted molar refractivity (Wildman–Crippen MR) is 44.4 cm³/mol. The lowest BCUT2D eigenvalue weighted by Gasteiger charge is -1.98. The van der Waals surface area contributed by atoms with Gasteiger partial charge in [0.1, 0.15) is 11.5 Å². The predicted octanol–water partition coefficient (Wildman–Crippen LogP) is 2.31. The Bertz CT molecular complexity index is 259. The van der Waals surface area contributed by atoms with E-state index in [9.17, 15) is 5.11 Å². The molecule has 0 spiro atoms. The molecule has 0 saturated heterocycles. The number of aliphatic hydroxyl groups is 1. The summed E-state index contributed by atoms with van der Waals surface area (Å²) in [5, 5.41) is 18.1. The highest BCUT2D eigenvalue weighted by Crippen LogP contribution is 2.14. The first-order chi connectivity index (χ1) is 5.24. The molecule has 0 saturated carbocycles. The fraction of sp³-hybridized carbons (Fsp3) is 0.111. The van der Waals surface area contributed by atoms with Gasteiger partial charge >= 0.3 is 0 Å². The van der Waals surface area contributed by atoms with E-state index in [-0.39, 0.29) is 11.5 Å². The quantitative estimate of drug-likeness (QED) is 0.603. The first-order valence-electron chi connectivity index (χ1n) is 3.38. The summed E-state index contributed by atoms with van der Waals surface area (Å²) in [7, 11) is 0. The van der Waals surface area contributed by atoms with Gasteiger partial charge < -0.3 is 10.2 Å². The summed E-state index contributed by atoms with van der Waals surface area (Å²) in [6.07, 6.45) is 1.60. The van der Waals surface area contributed by atoms with Crippen molar-refractivity contribution >= 4 is 5.76 Å². The molecule has 1 aromatic rings. The Balaban J connectivity index is 2.99. The number of aromatic hydroxyl groups is 1. The molecule has 58 valence electrons. The zero-order valence-corrected chi connectivity index (χ0v) is 6.28. The Kier molecular flexibility index (Phi) is 2.16. The third-order valence-corrected chi connectivity index (χ3v) is 1.44. The number of phenolic OH excluding ortho intramolecular Hbond substituents is 1. The van der Waals surface area contributed by atoms with Crippen LogP contribution in [0.1, 0.15) is 12.5 Å². The fourth-order valence-electron chi connectivity index (χ4n) is 0.799. The first-order valence-corrected chi connectivity index (χ1v) is 3.38. The summed E-state index contributed by atoms with van der Waals surface area (Å²) in [6, 6.07) is 6.39. The summed E-state index contributed by atoms with van der Waals surface area (Å²) in [6.45, 7) is 1.75. The van der Waals surface area contributed by atoms with E-state index in [1.54, 1.807) is 25.1 Å². The lowest BCUT2D eigenvalue weighted by Crippen LogP contribution is -1.79. The average Bonchev–Trinajstić information content (AvgIpc) is 2.05. The minimum Gasteiger partial charge on any atom is -0.508 e. The Morgan fingerprint density at radius 3 is 2.27 bits per heavy atom. The molecule has 0 unspecified atom stereocenters. The number of allylic oxidation sites excluding steroid dienone is 1. The van der Waals surface area contributed by atoms with Crippen molar-refractivity contribution in [3.05, 3.63) is 35.9 Å². The Morgan fingerprint density at radius 2 is 1.82 bits per heavy atom. The third kappa shape index (κ3) is 1.74. The van der Waals surface area contributed by atoms with Crippen LogP contribution < -0.4 is 0 Å². The second kappa shape index (κ2) is 3.10. The highest BCUT2D eigenvalue weighted by atomic mass is 16.3. The maximum Gasteiger partial charge on any atom is 0.118 e. The van der Waals surface area contributed by atoms with E-state index in [0.717, 1.165) is 0 Å². The minimum atomic E-state index is 0.206. The van der Waals surface area contributed by atoms with Crippen LogP contribution in [0.4, 0.5) is 0 Å². The van der Waals surface area contributed by atoms with Crippen LogP contribution in [0.3, 0.4) is 0 Å². The molecule has 0 radical (unpaired) electrons. The van der Waals surface area contributed by atoms with Crippen molar-refractivity contribution in [2.45, 2.75) is 6.92 Å². The number of phenols is 1. The van der Waals surface area contributed by atoms with Crippen molar-refractivity contribution in [1.82, 2.24) is 0 Å². The molecule has 0 amide bonds. The molecule has 0 bridgehead atoms. The van der Waals surface area contributed by atoms with Crippen LogP contribution in [0.25, 0.3) is 5.76 Å². The first kappa shape index (κ1) is 7.66. The third-order valence-electron chi connectivity index (χ3n) is 1.44. The lowest BCUT2D eigenvalue weighted by molar-refractivity contribution is 0.474. The second-order valence-electron chi connectivity index (χ2n) is 2.22. The standard InChI is InChI=1S/C9H10O2/c1-2-9(11)7-3-5-8(10)6-4-7/h2-6,10-11H,1H3/b9-2-. The molecule has 1 rings (SSSR count). The minimum absolute atomic E-state index is 0.206. The number of hydrogen-bond acceptors (Lipinski definition) is 2. The van der Waals surface area contributed by atoms with E-state index in [1.165, 1.54) is 12.1 Å². The molecular weight excluding hydrogens is 140 g/mol. The van der Waals surface area contributed by atoms with E-state index in [2.05, 4.69) is 0 Å². The van der Waals surface area contributed by atoms with Crippen LogP contribution in [0.2, 0.25) is 0 Å². The topological polar surface area (TPSA) is 40.5 Å². The molecule has 2 nitrogen and oxygen atoms in total. The SMILES string of the molecule is C/C=C(\O)c1ccc(O)cc1. The molecular formula is C9H10O2. The van der Waals surface area contributed by atoms with Crippen LogP contribution in [-0.4, -0.2) is 10.2 Å². The fourth-order valence-corrected chi connectivity index (χ4v) is 0.799. The molecule has 0 atom stereocenters. The molecule has 2 N–H and O–H groups in total. The summed E-state index contributed by atoms with van der Waals surface area (Å²) in [4.78, 5) is 0. The molecule has 0 aliphatic heterocycles. The number of aliphatic hydroxyl groups excluding tert-OH is 1. The number of hydrogen-bond donors (Lipinski definition) is 2. The molecule has 0 aliphatic rings. The van der Waals surface area contributed by atoms with Gasteiger partial charge in [-0.05, 0) is 37.3 Å². The van der Waals surface area contributed by atoms with E-state index in [4.69, 9.17) is 5.11 Å². The molecule has 11 heavy (non-hydrogen) atoms. The molecule has 1 aromatic carbocycles. The monoisotopic (exact) mass is 150 g/mol. The smallest absolute Gasteiger partial charge is 0.118 e. The van der Waals surface area contributed by atoms with E-state index in [0.29, 0.717) is 5.56 Å². The maximum absolute atomic E-state index is 9.20. The van der Waals surface area contributed by atoms with Crippen LogP contribution >= 0.6 is 0 Å². The van der Waals surface area contributed by atoms with Gasteiger partial charge in [0.25, 0.3) is 0 Å². The van der Waals surface area contributed by atoms with Crippen LogP contribution in [-0.2, 0) is 0 Å². The molecule has 0 heterocycles. The van der Waals surface area contributed by atoms with Gasteiger partial charge in [0, 0.05) is 5.56 Å². The molecule has 0 aliphatic carbocycles. The highest BCUT2D eigenvalue weighted by molar-refractivity contribution is 5.58. The van der Waals surface area contributed by atoms with Crippen LogP contribution in [0.15, 0.2) is 30.3 Å². The Hall–Kier alpha value is -1.44. The zero-order valence-electron chi connectivity index (χ0n) is 6.28. The van der Waals surface area contributed by atoms with Crippen molar-refractivity contribution < 1.29 is 10.2 Å². The van der Waals surface area contributed by atoms with Crippen molar-refractivity contribution in [1.29, 1.82) is 0 Å². The summed E-state index contributed by atoms with van der Waals surface area (Å²) in [5.41, 5.74) is 0.713. The average molecular weight is 150 g/mol. The van der Waals surface area contributed by atoms with Crippen molar-refractivity contribution in [2.75, 3.05) is 0 Å². The maximum atomic E-state index is 9.20. The van der Waals surface area contributed by atoms with E-state index in [1.807, 2.05) is 0 Å².